The highest BCUT2D eigenvalue weighted by Gasteiger charge is 2.57. The van der Waals surface area contributed by atoms with Gasteiger partial charge in [-0.2, -0.15) is 0 Å². The first-order chi connectivity index (χ1) is 20.3. The predicted octanol–water partition coefficient (Wildman–Crippen LogP) is 5.93. The van der Waals surface area contributed by atoms with E-state index in [-0.39, 0.29) is 13.2 Å². The molecule has 1 aliphatic heterocycles. The number of hydrogen-bond donors (Lipinski definition) is 0. The summed E-state index contributed by atoms with van der Waals surface area (Å²) in [6.07, 6.45) is -1.03. The lowest BCUT2D eigenvalue weighted by Crippen LogP contribution is -2.50. The number of benzene rings is 4. The van der Waals surface area contributed by atoms with Crippen LogP contribution < -0.4 is 0 Å². The molecule has 6 nitrogen and oxygen atoms in total. The third-order valence-corrected chi connectivity index (χ3v) is 7.11. The molecule has 1 heterocycles. The van der Waals surface area contributed by atoms with Crippen LogP contribution in [0.2, 0.25) is 0 Å². The van der Waals surface area contributed by atoms with Crippen LogP contribution in [0.25, 0.3) is 0 Å². The number of ether oxygens (including phenoxy) is 5. The van der Waals surface area contributed by atoms with Crippen molar-refractivity contribution in [2.75, 3.05) is 13.2 Å². The molecule has 4 aromatic rings. The molecule has 1 aliphatic rings. The van der Waals surface area contributed by atoms with Crippen molar-refractivity contribution in [3.8, 4) is 0 Å². The van der Waals surface area contributed by atoms with Crippen LogP contribution in [0.1, 0.15) is 22.3 Å². The summed E-state index contributed by atoms with van der Waals surface area (Å²) in [6, 6.07) is 39.6. The van der Waals surface area contributed by atoms with Crippen molar-refractivity contribution in [2.24, 2.45) is 0 Å². The van der Waals surface area contributed by atoms with Gasteiger partial charge in [0.05, 0.1) is 39.6 Å². The lowest BCUT2D eigenvalue weighted by Gasteiger charge is -2.30. The Morgan fingerprint density at radius 2 is 1.02 bits per heavy atom. The molecular formula is C35H36O6. The molecule has 0 saturated carbocycles. The fraction of sp³-hybridized carbons (Fsp3) is 0.286. The van der Waals surface area contributed by atoms with Gasteiger partial charge in [-0.15, -0.1) is 0 Å². The van der Waals surface area contributed by atoms with Crippen molar-refractivity contribution in [1.82, 2.24) is 0 Å². The normalized spacial score (nSPS) is 22.0. The minimum absolute atomic E-state index is 0.0191. The molecule has 4 aromatic carbocycles. The van der Waals surface area contributed by atoms with E-state index >= 15 is 0 Å². The van der Waals surface area contributed by atoms with E-state index in [1.807, 2.05) is 121 Å². The Kier molecular flexibility index (Phi) is 10.4. The third kappa shape index (κ3) is 7.97. The zero-order valence-corrected chi connectivity index (χ0v) is 23.0. The van der Waals surface area contributed by atoms with Gasteiger partial charge in [-0.25, -0.2) is 0 Å². The third-order valence-electron chi connectivity index (χ3n) is 7.11. The molecule has 0 aliphatic carbocycles. The number of aldehydes is 1. The molecule has 1 fully saturated rings. The van der Waals surface area contributed by atoms with Gasteiger partial charge in [-0.1, -0.05) is 121 Å². The van der Waals surface area contributed by atoms with Gasteiger partial charge in [0.15, 0.2) is 11.9 Å². The first-order valence-corrected chi connectivity index (χ1v) is 13.9. The Labute approximate surface area is 241 Å². The van der Waals surface area contributed by atoms with Gasteiger partial charge < -0.3 is 23.7 Å². The van der Waals surface area contributed by atoms with E-state index in [4.69, 9.17) is 23.7 Å². The Bertz CT molecular complexity index is 1300. The van der Waals surface area contributed by atoms with Crippen molar-refractivity contribution in [3.63, 3.8) is 0 Å². The molecule has 5 rings (SSSR count). The summed E-state index contributed by atoms with van der Waals surface area (Å²) in [4.78, 5) is 12.9. The van der Waals surface area contributed by atoms with Gasteiger partial charge in [-0.05, 0) is 22.3 Å². The lowest BCUT2D eigenvalue weighted by atomic mass is 9.96. The van der Waals surface area contributed by atoms with Crippen LogP contribution in [0, 0.1) is 0 Å². The minimum Gasteiger partial charge on any atom is -0.374 e. The predicted molar refractivity (Wildman–Crippen MR) is 156 cm³/mol. The summed E-state index contributed by atoms with van der Waals surface area (Å²) in [6.45, 7) is 1.65. The fourth-order valence-electron chi connectivity index (χ4n) is 4.99. The van der Waals surface area contributed by atoms with Crippen LogP contribution in [0.15, 0.2) is 121 Å². The summed E-state index contributed by atoms with van der Waals surface area (Å²) in [7, 11) is 0. The molecule has 0 N–H and O–H groups in total. The Morgan fingerprint density at radius 1 is 0.585 bits per heavy atom. The van der Waals surface area contributed by atoms with Crippen molar-refractivity contribution < 1.29 is 28.5 Å². The Morgan fingerprint density at radius 3 is 1.51 bits per heavy atom. The second-order valence-corrected chi connectivity index (χ2v) is 10.2. The average molecular weight is 553 g/mol. The molecule has 212 valence electrons. The van der Waals surface area contributed by atoms with E-state index in [1.165, 1.54) is 0 Å². The van der Waals surface area contributed by atoms with Gasteiger partial charge >= 0.3 is 0 Å². The van der Waals surface area contributed by atoms with Crippen molar-refractivity contribution in [2.45, 2.75) is 50.3 Å². The molecule has 0 unspecified atom stereocenters. The smallest absolute Gasteiger partial charge is 0.175 e. The number of carbonyl (C=O) groups excluding carboxylic acids is 1. The molecule has 0 aromatic heterocycles. The van der Waals surface area contributed by atoms with E-state index < -0.39 is 23.9 Å². The summed E-state index contributed by atoms with van der Waals surface area (Å²) >= 11 is 0. The molecule has 6 heteroatoms. The highest BCUT2D eigenvalue weighted by atomic mass is 16.6. The largest absolute Gasteiger partial charge is 0.374 e. The Hall–Kier alpha value is -3.65. The van der Waals surface area contributed by atoms with Crippen LogP contribution in [-0.4, -0.2) is 43.4 Å². The molecule has 0 radical (unpaired) electrons. The maximum atomic E-state index is 12.9. The van der Waals surface area contributed by atoms with Gasteiger partial charge in [-0.3, -0.25) is 4.79 Å². The second-order valence-electron chi connectivity index (χ2n) is 10.2. The summed E-state index contributed by atoms with van der Waals surface area (Å²) in [5, 5.41) is 0. The van der Waals surface area contributed by atoms with Gasteiger partial charge in [0, 0.05) is 0 Å². The van der Waals surface area contributed by atoms with Crippen molar-refractivity contribution in [1.29, 1.82) is 0 Å². The number of carbonyl (C=O) groups is 1. The second kappa shape index (κ2) is 14.8. The molecule has 1 saturated heterocycles. The minimum atomic E-state index is -1.37. The molecule has 0 spiro atoms. The summed E-state index contributed by atoms with van der Waals surface area (Å²) < 4.78 is 31.6. The van der Waals surface area contributed by atoms with E-state index in [0.717, 1.165) is 28.5 Å². The van der Waals surface area contributed by atoms with E-state index in [0.29, 0.717) is 26.4 Å². The first-order valence-electron chi connectivity index (χ1n) is 13.9. The molecule has 0 amide bonds. The first kappa shape index (κ1) is 28.9. The van der Waals surface area contributed by atoms with Gasteiger partial charge in [0.25, 0.3) is 0 Å². The molecule has 0 bridgehead atoms. The fourth-order valence-corrected chi connectivity index (χ4v) is 4.99. The van der Waals surface area contributed by atoms with Crippen LogP contribution >= 0.6 is 0 Å². The SMILES string of the molecule is O=C[C@]1(COCc2ccccc2)O[C@H](COCc2ccccc2)[C@@H](OCc2ccccc2)[C@@H]1OCc1ccccc1. The summed E-state index contributed by atoms with van der Waals surface area (Å²) in [5.41, 5.74) is 2.70. The van der Waals surface area contributed by atoms with Crippen LogP contribution in [0.4, 0.5) is 0 Å². The van der Waals surface area contributed by atoms with Crippen LogP contribution in [0.3, 0.4) is 0 Å². The molecular weight excluding hydrogens is 516 g/mol. The quantitative estimate of drug-likeness (QED) is 0.171. The zero-order valence-electron chi connectivity index (χ0n) is 23.0. The summed E-state index contributed by atoms with van der Waals surface area (Å²) in [5.74, 6) is 0. The number of rotatable bonds is 15. The Balaban J connectivity index is 1.37. The molecule has 4 atom stereocenters. The van der Waals surface area contributed by atoms with E-state index in [2.05, 4.69) is 0 Å². The molecule has 41 heavy (non-hydrogen) atoms. The van der Waals surface area contributed by atoms with Crippen LogP contribution in [-0.2, 0) is 54.9 Å². The van der Waals surface area contributed by atoms with Gasteiger partial charge in [0.1, 0.15) is 18.3 Å². The lowest BCUT2D eigenvalue weighted by molar-refractivity contribution is -0.163. The maximum absolute atomic E-state index is 12.9. The topological polar surface area (TPSA) is 63.2 Å². The van der Waals surface area contributed by atoms with Crippen molar-refractivity contribution >= 4 is 6.29 Å². The zero-order chi connectivity index (χ0) is 28.2. The van der Waals surface area contributed by atoms with Crippen LogP contribution in [0.5, 0.6) is 0 Å². The van der Waals surface area contributed by atoms with Gasteiger partial charge in [0.2, 0.25) is 0 Å². The van der Waals surface area contributed by atoms with E-state index in [9.17, 15) is 4.79 Å². The van der Waals surface area contributed by atoms with E-state index in [1.54, 1.807) is 0 Å². The monoisotopic (exact) mass is 552 g/mol. The maximum Gasteiger partial charge on any atom is 0.175 e. The number of hydrogen-bond acceptors (Lipinski definition) is 6. The average Bonchev–Trinajstić information content (AvgIpc) is 3.33. The van der Waals surface area contributed by atoms with Crippen molar-refractivity contribution in [3.05, 3.63) is 144 Å². The highest BCUT2D eigenvalue weighted by molar-refractivity contribution is 5.65. The highest BCUT2D eigenvalue weighted by Crippen LogP contribution is 2.36. The standard InChI is InChI=1S/C35H36O6/c36-26-35(27-38-22-29-15-7-2-8-16-29)34(40-24-31-19-11-4-12-20-31)33(39-23-30-17-9-3-10-18-30)32(41-35)25-37-21-28-13-5-1-6-14-28/h1-20,26,32-34H,21-25,27H2/t32-,33-,34+,35-/m1/s1.